The molecule has 11 nitrogen and oxygen atoms in total. The highest BCUT2D eigenvalue weighted by Gasteiger charge is 2.21. The monoisotopic (exact) mass is 543 g/mol. The molecule has 204 valence electrons. The fraction of sp³-hybridized carbons (Fsp3) is 0.179. The molecule has 0 atom stereocenters. The quantitative estimate of drug-likeness (QED) is 0.226. The van der Waals surface area contributed by atoms with Crippen molar-refractivity contribution < 1.29 is 23.2 Å². The van der Waals surface area contributed by atoms with Crippen molar-refractivity contribution in [3.05, 3.63) is 72.9 Å². The third-order valence-corrected chi connectivity index (χ3v) is 5.74. The molecule has 40 heavy (non-hydrogen) atoms. The number of amides is 3. The van der Waals surface area contributed by atoms with E-state index in [1.807, 2.05) is 32.9 Å². The first-order valence-corrected chi connectivity index (χ1v) is 12.3. The van der Waals surface area contributed by atoms with Crippen LogP contribution in [-0.4, -0.2) is 31.9 Å². The van der Waals surface area contributed by atoms with Gasteiger partial charge in [-0.1, -0.05) is 5.16 Å². The molecule has 0 bridgehead atoms. The first kappa shape index (κ1) is 26.4. The molecular formula is C28H26FN7O4. The van der Waals surface area contributed by atoms with Gasteiger partial charge in [-0.25, -0.2) is 14.2 Å². The molecule has 12 heteroatoms. The number of halogens is 1. The zero-order chi connectivity index (χ0) is 28.4. The Morgan fingerprint density at radius 3 is 2.50 bits per heavy atom. The molecule has 0 aliphatic rings. The summed E-state index contributed by atoms with van der Waals surface area (Å²) in [5, 5.41) is 17.2. The standard InChI is InChI=1S/C28H26FN7O4/c1-16(37)32-25-13-20(9-10-30-25)39-19-6-7-22(21(29)12-19)33-27(38)34-23-15-36(28(2,3)4)35-26(23)17-5-8-24-18(11-17)14-31-40-24/h5-15H,1-4H3,(H,30,32,37)(H2,33,34,38). The Morgan fingerprint density at radius 1 is 0.975 bits per heavy atom. The molecule has 0 fully saturated rings. The first-order valence-electron chi connectivity index (χ1n) is 12.3. The van der Waals surface area contributed by atoms with Crippen molar-refractivity contribution in [3.8, 4) is 22.8 Å². The highest BCUT2D eigenvalue weighted by Crippen LogP contribution is 2.32. The van der Waals surface area contributed by atoms with E-state index in [0.717, 1.165) is 17.0 Å². The van der Waals surface area contributed by atoms with Gasteiger partial charge >= 0.3 is 6.03 Å². The van der Waals surface area contributed by atoms with Gasteiger partial charge in [-0.3, -0.25) is 9.48 Å². The fourth-order valence-electron chi connectivity index (χ4n) is 3.84. The Labute approximate surface area is 228 Å². The number of benzene rings is 2. The van der Waals surface area contributed by atoms with E-state index in [4.69, 9.17) is 14.4 Å². The number of aromatic nitrogens is 4. The topological polar surface area (TPSA) is 136 Å². The Kier molecular flexibility index (Phi) is 6.91. The van der Waals surface area contributed by atoms with Crippen LogP contribution in [0, 0.1) is 5.82 Å². The minimum Gasteiger partial charge on any atom is -0.457 e. The molecule has 5 rings (SSSR count). The van der Waals surface area contributed by atoms with Crippen molar-refractivity contribution in [2.75, 3.05) is 16.0 Å². The second-order valence-electron chi connectivity index (χ2n) is 9.97. The smallest absolute Gasteiger partial charge is 0.323 e. The fourth-order valence-corrected chi connectivity index (χ4v) is 3.84. The van der Waals surface area contributed by atoms with Crippen LogP contribution >= 0.6 is 0 Å². The number of carbonyl (C=O) groups excluding carboxylic acids is 2. The van der Waals surface area contributed by atoms with E-state index in [1.54, 1.807) is 29.2 Å². The third-order valence-electron chi connectivity index (χ3n) is 5.74. The van der Waals surface area contributed by atoms with E-state index in [9.17, 15) is 14.0 Å². The Hall–Kier alpha value is -5.26. The molecule has 0 aliphatic heterocycles. The summed E-state index contributed by atoms with van der Waals surface area (Å²) in [6.07, 6.45) is 4.79. The molecule has 0 spiro atoms. The lowest BCUT2D eigenvalue weighted by Crippen LogP contribution is -2.22. The van der Waals surface area contributed by atoms with Gasteiger partial charge < -0.3 is 25.2 Å². The lowest BCUT2D eigenvalue weighted by atomic mass is 10.1. The normalized spacial score (nSPS) is 11.3. The summed E-state index contributed by atoms with van der Waals surface area (Å²) in [6.45, 7) is 7.33. The summed E-state index contributed by atoms with van der Waals surface area (Å²) in [6, 6.07) is 11.9. The van der Waals surface area contributed by atoms with E-state index in [0.29, 0.717) is 28.5 Å². The molecule has 3 heterocycles. The van der Waals surface area contributed by atoms with Gasteiger partial charge in [-0.05, 0) is 57.2 Å². The molecular weight excluding hydrogens is 517 g/mol. The average molecular weight is 544 g/mol. The zero-order valence-electron chi connectivity index (χ0n) is 22.2. The van der Waals surface area contributed by atoms with Gasteiger partial charge in [-0.15, -0.1) is 0 Å². The number of pyridine rings is 1. The van der Waals surface area contributed by atoms with E-state index in [2.05, 4.69) is 26.1 Å². The van der Waals surface area contributed by atoms with Gasteiger partial charge in [0, 0.05) is 42.4 Å². The number of carbonyl (C=O) groups is 2. The van der Waals surface area contributed by atoms with Crippen LogP contribution in [-0.2, 0) is 10.3 Å². The van der Waals surface area contributed by atoms with Crippen LogP contribution in [0.4, 0.5) is 26.4 Å². The second kappa shape index (κ2) is 10.5. The van der Waals surface area contributed by atoms with Crippen LogP contribution in [0.25, 0.3) is 22.2 Å². The lowest BCUT2D eigenvalue weighted by Gasteiger charge is -2.18. The van der Waals surface area contributed by atoms with Crippen LogP contribution in [0.15, 0.2) is 71.6 Å². The van der Waals surface area contributed by atoms with Crippen LogP contribution in [0.1, 0.15) is 27.7 Å². The maximum Gasteiger partial charge on any atom is 0.323 e. The number of nitrogens with zero attached hydrogens (tertiary/aromatic N) is 4. The molecule has 5 aromatic rings. The van der Waals surface area contributed by atoms with Crippen molar-refractivity contribution in [2.24, 2.45) is 0 Å². The summed E-state index contributed by atoms with van der Waals surface area (Å²) in [5.74, 6) is -0.132. The first-order chi connectivity index (χ1) is 19.0. The number of anilines is 3. The Morgan fingerprint density at radius 2 is 1.75 bits per heavy atom. The number of ether oxygens (including phenoxy) is 1. The predicted molar refractivity (Wildman–Crippen MR) is 148 cm³/mol. The summed E-state index contributed by atoms with van der Waals surface area (Å²) in [4.78, 5) is 28.2. The summed E-state index contributed by atoms with van der Waals surface area (Å²) >= 11 is 0. The van der Waals surface area contributed by atoms with Crippen molar-refractivity contribution >= 4 is 40.1 Å². The number of nitrogens with one attached hydrogen (secondary N) is 3. The Bertz CT molecular complexity index is 1720. The molecule has 0 saturated heterocycles. The molecule has 0 unspecified atom stereocenters. The van der Waals surface area contributed by atoms with Gasteiger partial charge in [0.15, 0.2) is 5.58 Å². The van der Waals surface area contributed by atoms with Gasteiger partial charge in [0.2, 0.25) is 5.91 Å². The van der Waals surface area contributed by atoms with Crippen LogP contribution in [0.3, 0.4) is 0 Å². The minimum atomic E-state index is -0.702. The van der Waals surface area contributed by atoms with E-state index in [1.165, 1.54) is 31.3 Å². The van der Waals surface area contributed by atoms with Gasteiger partial charge in [0.25, 0.3) is 0 Å². The largest absolute Gasteiger partial charge is 0.457 e. The maximum absolute atomic E-state index is 14.9. The van der Waals surface area contributed by atoms with E-state index < -0.39 is 11.8 Å². The van der Waals surface area contributed by atoms with Crippen molar-refractivity contribution in [3.63, 3.8) is 0 Å². The van der Waals surface area contributed by atoms with E-state index in [-0.39, 0.29) is 22.9 Å². The van der Waals surface area contributed by atoms with Crippen LogP contribution in [0.5, 0.6) is 11.5 Å². The van der Waals surface area contributed by atoms with Crippen molar-refractivity contribution in [2.45, 2.75) is 33.2 Å². The van der Waals surface area contributed by atoms with Crippen molar-refractivity contribution in [1.82, 2.24) is 19.9 Å². The lowest BCUT2D eigenvalue weighted by molar-refractivity contribution is -0.114. The molecule has 3 amide bonds. The van der Waals surface area contributed by atoms with Gasteiger partial charge in [-0.2, -0.15) is 5.10 Å². The average Bonchev–Trinajstić information content (AvgIpc) is 3.52. The summed E-state index contributed by atoms with van der Waals surface area (Å²) in [7, 11) is 0. The van der Waals surface area contributed by atoms with Gasteiger partial charge in [0.05, 0.1) is 23.1 Å². The number of fused-ring (bicyclic) bond motifs is 1. The second-order valence-corrected chi connectivity index (χ2v) is 9.97. The van der Waals surface area contributed by atoms with Crippen LogP contribution < -0.4 is 20.7 Å². The number of urea groups is 1. The Balaban J connectivity index is 1.33. The number of hydrogen-bond donors (Lipinski definition) is 3. The molecule has 2 aromatic carbocycles. The number of rotatable bonds is 6. The molecule has 0 saturated carbocycles. The van der Waals surface area contributed by atoms with E-state index >= 15 is 0 Å². The zero-order valence-corrected chi connectivity index (χ0v) is 22.2. The molecule has 0 aliphatic carbocycles. The predicted octanol–water partition coefficient (Wildman–Crippen LogP) is 6.38. The van der Waals surface area contributed by atoms with Crippen LogP contribution in [0.2, 0.25) is 0 Å². The molecule has 3 N–H and O–H groups in total. The highest BCUT2D eigenvalue weighted by atomic mass is 19.1. The van der Waals surface area contributed by atoms with Crippen molar-refractivity contribution in [1.29, 1.82) is 0 Å². The number of hydrogen-bond acceptors (Lipinski definition) is 7. The SMILES string of the molecule is CC(=O)Nc1cc(Oc2ccc(NC(=O)Nc3cn(C(C)(C)C)nc3-c3ccc4oncc4c3)c(F)c2)ccn1. The summed E-state index contributed by atoms with van der Waals surface area (Å²) in [5.41, 5.74) is 1.95. The summed E-state index contributed by atoms with van der Waals surface area (Å²) < 4.78 is 27.5. The minimum absolute atomic E-state index is 0.0471. The van der Waals surface area contributed by atoms with Gasteiger partial charge in [0.1, 0.15) is 28.8 Å². The highest BCUT2D eigenvalue weighted by molar-refractivity contribution is 6.02. The maximum atomic E-state index is 14.9. The molecule has 0 radical (unpaired) electrons. The third kappa shape index (κ3) is 5.90. The molecule has 3 aromatic heterocycles.